The first-order valence-electron chi connectivity index (χ1n) is 10.7. The molecule has 0 fully saturated rings. The van der Waals surface area contributed by atoms with Crippen molar-refractivity contribution in [2.45, 2.75) is 24.7 Å². The highest BCUT2D eigenvalue weighted by atomic mass is 32.3. The first-order chi connectivity index (χ1) is 16.0. The topological polar surface area (TPSA) is 98.9 Å². The molecule has 3 aromatic carbocycles. The number of rotatable bonds is 5. The lowest BCUT2D eigenvalue weighted by Gasteiger charge is -2.32. The maximum Gasteiger partial charge on any atom is 0.229 e. The van der Waals surface area contributed by atoms with Crippen LogP contribution in [0.4, 0.5) is 5.95 Å². The lowest BCUT2D eigenvalue weighted by atomic mass is 10.1. The number of fused-ring (bicyclic) bond motifs is 2. The zero-order valence-corrected chi connectivity index (χ0v) is 18.8. The summed E-state index contributed by atoms with van der Waals surface area (Å²) in [6.07, 6.45) is 0. The van der Waals surface area contributed by atoms with Crippen LogP contribution < -0.4 is 9.64 Å². The van der Waals surface area contributed by atoms with Crippen LogP contribution >= 0.6 is 10.6 Å². The number of nitrogens with zero attached hydrogens (tertiary/aromatic N) is 3. The minimum Gasteiger partial charge on any atom is -0.472 e. The maximum absolute atomic E-state index is 10.7. The maximum atomic E-state index is 10.7. The average Bonchev–Trinajstić information content (AvgIpc) is 2.98. The van der Waals surface area contributed by atoms with E-state index in [2.05, 4.69) is 0 Å². The van der Waals surface area contributed by atoms with E-state index in [1.807, 2.05) is 71.6 Å². The summed E-state index contributed by atoms with van der Waals surface area (Å²) in [5.74, 6) is 1.10. The molecule has 170 valence electrons. The summed E-state index contributed by atoms with van der Waals surface area (Å²) in [5.41, 5.74) is 3.31. The third-order valence-electron chi connectivity index (χ3n) is 5.73. The van der Waals surface area contributed by atoms with Crippen LogP contribution in [0.2, 0.25) is 0 Å². The van der Waals surface area contributed by atoms with E-state index in [9.17, 15) is 14.2 Å². The highest BCUT2D eigenvalue weighted by molar-refractivity contribution is 8.24. The van der Waals surface area contributed by atoms with Crippen molar-refractivity contribution < 1.29 is 18.9 Å². The molecule has 0 aliphatic carbocycles. The highest BCUT2D eigenvalue weighted by Crippen LogP contribution is 2.51. The first kappa shape index (κ1) is 21.7. The molecule has 33 heavy (non-hydrogen) atoms. The van der Waals surface area contributed by atoms with Gasteiger partial charge in [0.05, 0.1) is 28.2 Å². The standard InChI is InChI=1S/C25H25N3O4S/c29-16-19-10-11-22-21(14-19)24(32-17-18-6-2-1-3-7-18)27-25(26-22)28-12-13-33(30,31)23-9-5-4-8-20(23)15-28/h1-11,14,29-31H,12-13,15-17H2. The Kier molecular flexibility index (Phi) is 5.90. The molecule has 1 aromatic heterocycles. The summed E-state index contributed by atoms with van der Waals surface area (Å²) < 4.78 is 27.5. The molecular formula is C25H25N3O4S. The molecule has 7 nitrogen and oxygen atoms in total. The van der Waals surface area contributed by atoms with Gasteiger partial charge < -0.3 is 14.7 Å². The zero-order valence-electron chi connectivity index (χ0n) is 18.0. The summed E-state index contributed by atoms with van der Waals surface area (Å²) in [7, 11) is -2.88. The van der Waals surface area contributed by atoms with Gasteiger partial charge in [-0.3, -0.25) is 9.11 Å². The molecule has 0 amide bonds. The lowest BCUT2D eigenvalue weighted by Crippen LogP contribution is -2.27. The fourth-order valence-corrected chi connectivity index (χ4v) is 5.51. The molecule has 0 atom stereocenters. The first-order valence-corrected chi connectivity index (χ1v) is 12.4. The van der Waals surface area contributed by atoms with Crippen LogP contribution in [0.25, 0.3) is 10.9 Å². The Morgan fingerprint density at radius 2 is 1.70 bits per heavy atom. The van der Waals surface area contributed by atoms with E-state index >= 15 is 0 Å². The third-order valence-corrected chi connectivity index (χ3v) is 7.58. The molecular weight excluding hydrogens is 438 g/mol. The number of hydrogen-bond acceptors (Lipinski definition) is 7. The van der Waals surface area contributed by atoms with Gasteiger partial charge in [-0.2, -0.15) is 15.6 Å². The predicted molar refractivity (Wildman–Crippen MR) is 130 cm³/mol. The van der Waals surface area contributed by atoms with Gasteiger partial charge in [0, 0.05) is 13.1 Å². The van der Waals surface area contributed by atoms with Gasteiger partial charge >= 0.3 is 0 Å². The molecule has 1 aliphatic heterocycles. The van der Waals surface area contributed by atoms with Crippen molar-refractivity contribution in [2.24, 2.45) is 0 Å². The van der Waals surface area contributed by atoms with Gasteiger partial charge in [0.2, 0.25) is 11.8 Å². The number of aliphatic hydroxyl groups excluding tert-OH is 1. The highest BCUT2D eigenvalue weighted by Gasteiger charge is 2.27. The van der Waals surface area contributed by atoms with Crippen molar-refractivity contribution in [1.82, 2.24) is 9.97 Å². The molecule has 0 unspecified atom stereocenters. The molecule has 0 bridgehead atoms. The average molecular weight is 464 g/mol. The van der Waals surface area contributed by atoms with E-state index in [0.717, 1.165) is 22.1 Å². The normalized spacial score (nSPS) is 16.2. The lowest BCUT2D eigenvalue weighted by molar-refractivity contribution is 0.281. The molecule has 0 saturated carbocycles. The minimum atomic E-state index is -2.88. The van der Waals surface area contributed by atoms with Gasteiger partial charge in [-0.05, 0) is 34.9 Å². The van der Waals surface area contributed by atoms with E-state index in [1.54, 1.807) is 6.07 Å². The summed E-state index contributed by atoms with van der Waals surface area (Å²) >= 11 is 0. The van der Waals surface area contributed by atoms with Crippen molar-refractivity contribution >= 4 is 27.4 Å². The second-order valence-corrected chi connectivity index (χ2v) is 10.2. The fourth-order valence-electron chi connectivity index (χ4n) is 3.97. The minimum absolute atomic E-state index is 0.0867. The van der Waals surface area contributed by atoms with Crippen LogP contribution in [0, 0.1) is 0 Å². The van der Waals surface area contributed by atoms with Crippen molar-refractivity contribution in [2.75, 3.05) is 17.2 Å². The van der Waals surface area contributed by atoms with Gasteiger partial charge in [-0.25, -0.2) is 4.98 Å². The molecule has 8 heteroatoms. The van der Waals surface area contributed by atoms with Crippen LogP contribution in [0.5, 0.6) is 5.88 Å². The molecule has 2 heterocycles. The molecule has 3 N–H and O–H groups in total. The summed E-state index contributed by atoms with van der Waals surface area (Å²) in [4.78, 5) is 12.0. The number of aliphatic hydroxyl groups is 1. The van der Waals surface area contributed by atoms with E-state index in [4.69, 9.17) is 14.7 Å². The third kappa shape index (κ3) is 4.51. The van der Waals surface area contributed by atoms with E-state index < -0.39 is 10.6 Å². The molecule has 1 aliphatic rings. The molecule has 0 radical (unpaired) electrons. The number of benzene rings is 3. The number of anilines is 1. The largest absolute Gasteiger partial charge is 0.472 e. The van der Waals surface area contributed by atoms with Gasteiger partial charge in [0.15, 0.2) is 0 Å². The van der Waals surface area contributed by atoms with Crippen molar-refractivity contribution in [1.29, 1.82) is 0 Å². The van der Waals surface area contributed by atoms with E-state index in [-0.39, 0.29) is 12.4 Å². The van der Waals surface area contributed by atoms with Crippen LogP contribution in [-0.2, 0) is 19.8 Å². The van der Waals surface area contributed by atoms with Gasteiger partial charge in [-0.15, -0.1) is 0 Å². The predicted octanol–water partition coefficient (Wildman–Crippen LogP) is 4.83. The molecule has 4 aromatic rings. The number of aromatic nitrogens is 2. The quantitative estimate of drug-likeness (QED) is 0.390. The second-order valence-electron chi connectivity index (χ2n) is 8.01. The van der Waals surface area contributed by atoms with Crippen LogP contribution in [0.15, 0.2) is 77.7 Å². The molecule has 0 saturated heterocycles. The Morgan fingerprint density at radius 1 is 0.909 bits per heavy atom. The summed E-state index contributed by atoms with van der Waals surface area (Å²) in [6.45, 7) is 1.12. The Labute approximate surface area is 193 Å². The zero-order chi connectivity index (χ0) is 22.8. The number of hydrogen-bond donors (Lipinski definition) is 3. The van der Waals surface area contributed by atoms with Gasteiger partial charge in [0.25, 0.3) is 0 Å². The van der Waals surface area contributed by atoms with Crippen LogP contribution in [-0.4, -0.2) is 36.5 Å². The fraction of sp³-hybridized carbons (Fsp3) is 0.200. The molecule has 5 rings (SSSR count). The second kappa shape index (κ2) is 8.99. The Hall–Kier alpha value is -3.17. The Balaban J connectivity index is 1.54. The summed E-state index contributed by atoms with van der Waals surface area (Å²) in [5, 5.41) is 10.3. The van der Waals surface area contributed by atoms with Crippen molar-refractivity contribution in [3.05, 3.63) is 89.5 Å². The number of ether oxygens (including phenoxy) is 1. The van der Waals surface area contributed by atoms with E-state index in [0.29, 0.717) is 41.9 Å². The van der Waals surface area contributed by atoms with Crippen molar-refractivity contribution in [3.63, 3.8) is 0 Å². The Bertz CT molecular complexity index is 1280. The van der Waals surface area contributed by atoms with Crippen LogP contribution in [0.1, 0.15) is 16.7 Å². The molecule has 0 spiro atoms. The van der Waals surface area contributed by atoms with Crippen molar-refractivity contribution in [3.8, 4) is 5.88 Å². The SMILES string of the molecule is OCc1ccc2nc(N3CCS(O)(O)c4ccccc4C3)nc(OCc3ccccc3)c2c1. The van der Waals surface area contributed by atoms with E-state index in [1.165, 1.54) is 0 Å². The smallest absolute Gasteiger partial charge is 0.229 e. The summed E-state index contributed by atoms with van der Waals surface area (Å²) in [6, 6.07) is 22.8. The van der Waals surface area contributed by atoms with Gasteiger partial charge in [-0.1, -0.05) is 54.6 Å². The van der Waals surface area contributed by atoms with Crippen LogP contribution in [0.3, 0.4) is 0 Å². The monoisotopic (exact) mass is 463 g/mol. The van der Waals surface area contributed by atoms with Gasteiger partial charge in [0.1, 0.15) is 6.61 Å². The Morgan fingerprint density at radius 3 is 2.52 bits per heavy atom.